The molecular weight excluding hydrogens is 425 g/mol. The van der Waals surface area contributed by atoms with Crippen molar-refractivity contribution in [3.05, 3.63) is 76.6 Å². The van der Waals surface area contributed by atoms with Crippen LogP contribution in [0, 0.1) is 5.82 Å². The van der Waals surface area contributed by atoms with Crippen LogP contribution in [0.25, 0.3) is 5.76 Å². The second-order valence-corrected chi connectivity index (χ2v) is 8.53. The van der Waals surface area contributed by atoms with Gasteiger partial charge in [0.05, 0.1) is 11.6 Å². The minimum absolute atomic E-state index is 0.0329. The maximum absolute atomic E-state index is 13.4. The second kappa shape index (κ2) is 10.4. The number of hydrogen-bond acceptors (Lipinski definition) is 4. The first-order chi connectivity index (χ1) is 15.7. The van der Waals surface area contributed by atoms with Crippen LogP contribution in [-0.2, 0) is 14.4 Å². The molecule has 2 N–H and O–H groups in total. The van der Waals surface area contributed by atoms with Gasteiger partial charge in [0, 0.05) is 18.5 Å². The Morgan fingerprint density at radius 3 is 2.18 bits per heavy atom. The van der Waals surface area contributed by atoms with Crippen LogP contribution in [0.4, 0.5) is 4.39 Å². The number of aliphatic hydroxyl groups excluding tert-OH is 1. The Morgan fingerprint density at radius 1 is 0.970 bits per heavy atom. The molecule has 1 saturated heterocycles. The van der Waals surface area contributed by atoms with Gasteiger partial charge in [-0.05, 0) is 54.2 Å². The van der Waals surface area contributed by atoms with Gasteiger partial charge in [-0.15, -0.1) is 0 Å². The Hall–Kier alpha value is -3.48. The lowest BCUT2D eigenvalue weighted by Crippen LogP contribution is -2.30. The normalized spacial score (nSPS) is 17.7. The molecule has 3 rings (SSSR count). The molecule has 1 fully saturated rings. The largest absolute Gasteiger partial charge is 0.507 e. The lowest BCUT2D eigenvalue weighted by molar-refractivity contribution is -0.140. The number of carboxylic acids is 1. The number of carbonyl (C=O) groups excluding carboxylic acids is 2. The smallest absolute Gasteiger partial charge is 0.303 e. The molecule has 0 aliphatic carbocycles. The molecule has 1 heterocycles. The predicted molar refractivity (Wildman–Crippen MR) is 122 cm³/mol. The molecule has 0 radical (unpaired) electrons. The van der Waals surface area contributed by atoms with Crippen LogP contribution in [-0.4, -0.2) is 39.3 Å². The van der Waals surface area contributed by atoms with E-state index in [4.69, 9.17) is 5.11 Å². The summed E-state index contributed by atoms with van der Waals surface area (Å²) in [4.78, 5) is 38.1. The fourth-order valence-corrected chi connectivity index (χ4v) is 4.02. The highest BCUT2D eigenvalue weighted by atomic mass is 19.1. The molecule has 33 heavy (non-hydrogen) atoms. The van der Waals surface area contributed by atoms with E-state index in [-0.39, 0.29) is 29.9 Å². The van der Waals surface area contributed by atoms with Crippen molar-refractivity contribution >= 4 is 23.4 Å². The highest BCUT2D eigenvalue weighted by Gasteiger charge is 2.45. The van der Waals surface area contributed by atoms with E-state index in [1.165, 1.54) is 29.2 Å². The number of unbranched alkanes of at least 4 members (excludes halogenated alkanes) is 2. The SMILES string of the molecule is CC(C)c1ccc(C2/C(=C(\O)c3ccc(F)cc3)C(=O)C(=O)N2CCCCCC(=O)O)cc1. The topological polar surface area (TPSA) is 94.9 Å². The minimum Gasteiger partial charge on any atom is -0.507 e. The summed E-state index contributed by atoms with van der Waals surface area (Å²) < 4.78 is 13.4. The first-order valence-corrected chi connectivity index (χ1v) is 11.1. The first kappa shape index (κ1) is 24.2. The molecule has 6 nitrogen and oxygen atoms in total. The number of carboxylic acid groups (broad SMARTS) is 1. The van der Waals surface area contributed by atoms with Gasteiger partial charge in [0.1, 0.15) is 11.6 Å². The van der Waals surface area contributed by atoms with E-state index >= 15 is 0 Å². The number of carbonyl (C=O) groups is 3. The Morgan fingerprint density at radius 2 is 1.61 bits per heavy atom. The fourth-order valence-electron chi connectivity index (χ4n) is 4.02. The summed E-state index contributed by atoms with van der Waals surface area (Å²) in [6.45, 7) is 4.38. The van der Waals surface area contributed by atoms with Gasteiger partial charge in [-0.25, -0.2) is 4.39 Å². The zero-order chi connectivity index (χ0) is 24.1. The quantitative estimate of drug-likeness (QED) is 0.241. The highest BCUT2D eigenvalue weighted by molar-refractivity contribution is 6.46. The van der Waals surface area contributed by atoms with Crippen molar-refractivity contribution < 1.29 is 29.0 Å². The van der Waals surface area contributed by atoms with Crippen molar-refractivity contribution in [2.75, 3.05) is 6.54 Å². The van der Waals surface area contributed by atoms with Gasteiger partial charge in [0.15, 0.2) is 0 Å². The maximum Gasteiger partial charge on any atom is 0.303 e. The van der Waals surface area contributed by atoms with E-state index in [0.29, 0.717) is 30.7 Å². The molecule has 174 valence electrons. The molecule has 0 bridgehead atoms. The van der Waals surface area contributed by atoms with Gasteiger partial charge in [0.2, 0.25) is 0 Å². The number of benzene rings is 2. The molecule has 0 spiro atoms. The predicted octanol–water partition coefficient (Wildman–Crippen LogP) is 5.02. The van der Waals surface area contributed by atoms with Crippen molar-refractivity contribution in [2.45, 2.75) is 51.5 Å². The van der Waals surface area contributed by atoms with Crippen molar-refractivity contribution in [1.82, 2.24) is 4.90 Å². The molecule has 1 unspecified atom stereocenters. The summed E-state index contributed by atoms with van der Waals surface area (Å²) in [6.07, 6.45) is 1.63. The average Bonchev–Trinajstić information content (AvgIpc) is 3.03. The van der Waals surface area contributed by atoms with Gasteiger partial charge in [-0.1, -0.05) is 44.5 Å². The molecule has 2 aromatic rings. The number of likely N-dealkylation sites (tertiary alicyclic amines) is 1. The van der Waals surface area contributed by atoms with Gasteiger partial charge in [-0.3, -0.25) is 14.4 Å². The summed E-state index contributed by atoms with van der Waals surface area (Å²) >= 11 is 0. The average molecular weight is 454 g/mol. The van der Waals surface area contributed by atoms with Crippen LogP contribution in [0.15, 0.2) is 54.1 Å². The maximum atomic E-state index is 13.4. The van der Waals surface area contributed by atoms with E-state index < -0.39 is 29.5 Å². The minimum atomic E-state index is -0.875. The Kier molecular flexibility index (Phi) is 7.63. The van der Waals surface area contributed by atoms with E-state index in [1.54, 1.807) is 0 Å². The third-order valence-corrected chi connectivity index (χ3v) is 5.87. The fraction of sp³-hybridized carbons (Fsp3) is 0.346. The number of aliphatic hydroxyl groups is 1. The first-order valence-electron chi connectivity index (χ1n) is 11.1. The lowest BCUT2D eigenvalue weighted by atomic mass is 9.93. The summed E-state index contributed by atoms with van der Waals surface area (Å²) in [5, 5.41) is 19.8. The van der Waals surface area contributed by atoms with Gasteiger partial charge in [0.25, 0.3) is 11.7 Å². The van der Waals surface area contributed by atoms with Crippen LogP contribution in [0.5, 0.6) is 0 Å². The number of hydrogen-bond donors (Lipinski definition) is 2. The van der Waals surface area contributed by atoms with Gasteiger partial charge >= 0.3 is 5.97 Å². The zero-order valence-electron chi connectivity index (χ0n) is 18.8. The molecule has 7 heteroatoms. The Labute approximate surface area is 192 Å². The molecule has 2 aromatic carbocycles. The molecule has 0 saturated carbocycles. The Balaban J connectivity index is 1.98. The number of ketones is 1. The van der Waals surface area contributed by atoms with Crippen molar-refractivity contribution in [1.29, 1.82) is 0 Å². The van der Waals surface area contributed by atoms with Crippen molar-refractivity contribution in [3.63, 3.8) is 0 Å². The molecule has 0 aromatic heterocycles. The molecule has 1 atom stereocenters. The molecule has 1 aliphatic rings. The Bertz CT molecular complexity index is 1060. The molecule has 1 amide bonds. The van der Waals surface area contributed by atoms with Crippen molar-refractivity contribution in [3.8, 4) is 0 Å². The van der Waals surface area contributed by atoms with Gasteiger partial charge < -0.3 is 15.1 Å². The highest BCUT2D eigenvalue weighted by Crippen LogP contribution is 2.40. The summed E-state index contributed by atoms with van der Waals surface area (Å²) in [5.41, 5.74) is 2.00. The van der Waals surface area contributed by atoms with E-state index in [2.05, 4.69) is 13.8 Å². The lowest BCUT2D eigenvalue weighted by Gasteiger charge is -2.25. The summed E-state index contributed by atoms with van der Waals surface area (Å²) in [5.74, 6) is -2.90. The van der Waals surface area contributed by atoms with Crippen LogP contribution in [0.1, 0.15) is 68.2 Å². The summed E-state index contributed by atoms with van der Waals surface area (Å²) in [6, 6.07) is 11.9. The standard InChI is InChI=1S/C26H28FNO5/c1-16(2)17-7-9-18(10-8-17)23-22(24(31)19-11-13-20(27)14-12-19)25(32)26(33)28(23)15-5-3-4-6-21(29)30/h7-14,16,23,31H,3-6,15H2,1-2H3,(H,29,30)/b24-22+. The third-order valence-electron chi connectivity index (χ3n) is 5.87. The van der Waals surface area contributed by atoms with Gasteiger partial charge in [-0.2, -0.15) is 0 Å². The number of aliphatic carboxylic acids is 1. The number of halogens is 1. The van der Waals surface area contributed by atoms with E-state index in [1.807, 2.05) is 24.3 Å². The van der Waals surface area contributed by atoms with Crippen LogP contribution in [0.2, 0.25) is 0 Å². The number of nitrogens with zero attached hydrogens (tertiary/aromatic N) is 1. The van der Waals surface area contributed by atoms with Crippen molar-refractivity contribution in [2.24, 2.45) is 0 Å². The number of Topliss-reactive ketones (excluding diaryl/α,β-unsaturated/α-hetero) is 1. The third kappa shape index (κ3) is 5.48. The van der Waals surface area contributed by atoms with E-state index in [0.717, 1.165) is 5.56 Å². The molecular formula is C26H28FNO5. The van der Waals surface area contributed by atoms with Crippen LogP contribution < -0.4 is 0 Å². The van der Waals surface area contributed by atoms with Crippen LogP contribution in [0.3, 0.4) is 0 Å². The second-order valence-electron chi connectivity index (χ2n) is 8.53. The monoisotopic (exact) mass is 453 g/mol. The zero-order valence-corrected chi connectivity index (χ0v) is 18.8. The number of rotatable bonds is 9. The summed E-state index contributed by atoms with van der Waals surface area (Å²) in [7, 11) is 0. The molecule has 1 aliphatic heterocycles. The number of amides is 1. The van der Waals surface area contributed by atoms with Crippen LogP contribution >= 0.6 is 0 Å². The van der Waals surface area contributed by atoms with E-state index in [9.17, 15) is 23.9 Å².